The van der Waals surface area contributed by atoms with Gasteiger partial charge in [0.15, 0.2) is 0 Å². The van der Waals surface area contributed by atoms with E-state index in [1.807, 2.05) is 0 Å². The van der Waals surface area contributed by atoms with Crippen LogP contribution in [0.5, 0.6) is 5.75 Å². The molecule has 0 aliphatic carbocycles. The predicted molar refractivity (Wildman–Crippen MR) is 87.9 cm³/mol. The summed E-state index contributed by atoms with van der Waals surface area (Å²) in [5.74, 6) is -0.173. The number of hydrogen-bond donors (Lipinski definition) is 0. The van der Waals surface area contributed by atoms with Gasteiger partial charge in [0.2, 0.25) is 5.56 Å². The van der Waals surface area contributed by atoms with E-state index in [1.54, 1.807) is 22.6 Å². The van der Waals surface area contributed by atoms with E-state index < -0.39 is 41.4 Å². The van der Waals surface area contributed by atoms with Gasteiger partial charge in [-0.2, -0.15) is 12.1 Å². The standard InChI is InChI=1S/C16H9F4INO2.Y/c1-2-5-24-9-6-10(17)15(11(18)7-9)13-4-3-12(21)16(23)22(13)8-14(19)20;/h1,3,6-7,14H,5,8H2;/q-1;. The second-order valence-corrected chi connectivity index (χ2v) is 5.71. The maximum atomic E-state index is 14.3. The zero-order valence-corrected chi connectivity index (χ0v) is 17.5. The first-order valence-corrected chi connectivity index (χ1v) is 7.58. The third-order valence-corrected chi connectivity index (χ3v) is 3.72. The van der Waals surface area contributed by atoms with Crippen LogP contribution in [0.3, 0.4) is 0 Å². The molecular formula is C16H9F4INO2Y-. The van der Waals surface area contributed by atoms with Gasteiger partial charge in [-0.1, -0.05) is 11.6 Å². The Kier molecular flexibility index (Phi) is 8.58. The minimum Gasteiger partial charge on any atom is -0.481 e. The first kappa shape index (κ1) is 22.1. The van der Waals surface area contributed by atoms with Crippen molar-refractivity contribution in [3.8, 4) is 29.4 Å². The fourth-order valence-corrected chi connectivity index (χ4v) is 2.45. The third-order valence-electron chi connectivity index (χ3n) is 2.95. The molecule has 1 aromatic carbocycles. The number of ether oxygens (including phenoxy) is 1. The van der Waals surface area contributed by atoms with Gasteiger partial charge in [-0.15, -0.1) is 29.0 Å². The zero-order valence-electron chi connectivity index (χ0n) is 12.5. The minimum atomic E-state index is -2.88. The van der Waals surface area contributed by atoms with E-state index in [4.69, 9.17) is 11.2 Å². The van der Waals surface area contributed by atoms with Crippen molar-refractivity contribution < 1.29 is 55.0 Å². The normalized spacial score (nSPS) is 10.3. The van der Waals surface area contributed by atoms with Crippen LogP contribution in [0, 0.1) is 33.6 Å². The molecule has 2 aromatic rings. The molecule has 0 amide bonds. The number of halogens is 5. The van der Waals surface area contributed by atoms with Crippen molar-refractivity contribution in [1.29, 1.82) is 0 Å². The average Bonchev–Trinajstić information content (AvgIpc) is 2.51. The number of hydrogen-bond acceptors (Lipinski definition) is 2. The summed E-state index contributed by atoms with van der Waals surface area (Å²) in [7, 11) is 0. The maximum Gasteiger partial charge on any atom is 0.256 e. The van der Waals surface area contributed by atoms with Crippen molar-refractivity contribution in [1.82, 2.24) is 4.57 Å². The van der Waals surface area contributed by atoms with Crippen molar-refractivity contribution in [3.05, 3.63) is 49.8 Å². The summed E-state index contributed by atoms with van der Waals surface area (Å²) in [4.78, 5) is 12.0. The molecule has 0 spiro atoms. The second kappa shape index (κ2) is 9.69. The summed E-state index contributed by atoms with van der Waals surface area (Å²) in [5.41, 5.74) is -1.83. The van der Waals surface area contributed by atoms with Gasteiger partial charge < -0.3 is 9.30 Å². The van der Waals surface area contributed by atoms with E-state index in [2.05, 4.69) is 12.0 Å². The molecule has 0 fully saturated rings. The molecule has 1 heterocycles. The van der Waals surface area contributed by atoms with Crippen LogP contribution in [0.4, 0.5) is 17.6 Å². The van der Waals surface area contributed by atoms with Crippen LogP contribution in [0.1, 0.15) is 0 Å². The number of terminal acetylenes is 1. The summed E-state index contributed by atoms with van der Waals surface area (Å²) in [5, 5.41) is 0. The molecule has 0 aliphatic heterocycles. The molecule has 129 valence electrons. The Morgan fingerprint density at radius 1 is 1.32 bits per heavy atom. The number of alkyl halides is 2. The molecule has 25 heavy (non-hydrogen) atoms. The maximum absolute atomic E-state index is 14.3. The van der Waals surface area contributed by atoms with E-state index in [0.29, 0.717) is 4.57 Å². The van der Waals surface area contributed by atoms with Gasteiger partial charge in [-0.05, 0) is 9.13 Å². The zero-order chi connectivity index (χ0) is 17.9. The van der Waals surface area contributed by atoms with Gasteiger partial charge >= 0.3 is 0 Å². The average molecular weight is 539 g/mol. The third kappa shape index (κ3) is 5.28. The fourth-order valence-electron chi connectivity index (χ4n) is 2.01. The van der Waals surface area contributed by atoms with Crippen molar-refractivity contribution >= 4 is 22.6 Å². The van der Waals surface area contributed by atoms with Gasteiger partial charge in [0.25, 0.3) is 6.43 Å². The first-order chi connectivity index (χ1) is 11.3. The van der Waals surface area contributed by atoms with Gasteiger partial charge in [0, 0.05) is 44.8 Å². The molecule has 0 unspecified atom stereocenters. The van der Waals surface area contributed by atoms with Crippen molar-refractivity contribution in [2.24, 2.45) is 0 Å². The summed E-state index contributed by atoms with van der Waals surface area (Å²) >= 11 is 1.63. The summed E-state index contributed by atoms with van der Waals surface area (Å²) in [6.45, 7) is -1.19. The molecule has 2 rings (SSSR count). The molecular weight excluding hydrogens is 530 g/mol. The molecule has 0 aliphatic rings. The van der Waals surface area contributed by atoms with Crippen molar-refractivity contribution in [3.63, 3.8) is 0 Å². The van der Waals surface area contributed by atoms with Gasteiger partial charge in [0.05, 0.1) is 18.2 Å². The smallest absolute Gasteiger partial charge is 0.256 e. The Hall–Kier alpha value is -0.916. The van der Waals surface area contributed by atoms with Crippen LogP contribution in [-0.2, 0) is 39.3 Å². The minimum absolute atomic E-state index is 0. The molecule has 0 saturated heterocycles. The molecule has 3 nitrogen and oxygen atoms in total. The van der Waals surface area contributed by atoms with E-state index in [0.717, 1.165) is 12.1 Å². The molecule has 0 atom stereocenters. The monoisotopic (exact) mass is 539 g/mol. The van der Waals surface area contributed by atoms with Crippen molar-refractivity contribution in [2.45, 2.75) is 13.0 Å². The van der Waals surface area contributed by atoms with Gasteiger partial charge in [-0.3, -0.25) is 4.79 Å². The largest absolute Gasteiger partial charge is 0.481 e. The number of benzene rings is 1. The molecule has 1 radical (unpaired) electrons. The Balaban J connectivity index is 0.00000312. The number of rotatable bonds is 5. The summed E-state index contributed by atoms with van der Waals surface area (Å²) in [6.07, 6.45) is 2.12. The van der Waals surface area contributed by atoms with E-state index in [1.165, 1.54) is 6.07 Å². The van der Waals surface area contributed by atoms with Crippen LogP contribution in [0.2, 0.25) is 0 Å². The summed E-state index contributed by atoms with van der Waals surface area (Å²) < 4.78 is 59.6. The van der Waals surface area contributed by atoms with Gasteiger partial charge in [-0.25, -0.2) is 17.6 Å². The molecule has 9 heteroatoms. The van der Waals surface area contributed by atoms with Gasteiger partial charge in [0.1, 0.15) is 12.4 Å². The fraction of sp³-hybridized carbons (Fsp3) is 0.188. The predicted octanol–water partition coefficient (Wildman–Crippen LogP) is 3.47. The topological polar surface area (TPSA) is 31.2 Å². The van der Waals surface area contributed by atoms with E-state index in [9.17, 15) is 22.4 Å². The SMILES string of the molecule is C#CCOc1cc(F)c(-c2[c-]cc(I)c(=O)n2CC(F)F)c(F)c1.[Y]. The van der Waals surface area contributed by atoms with E-state index >= 15 is 0 Å². The molecule has 0 N–H and O–H groups in total. The quantitative estimate of drug-likeness (QED) is 0.253. The number of aromatic nitrogens is 1. The number of nitrogens with zero attached hydrogens (tertiary/aromatic N) is 1. The van der Waals surface area contributed by atoms with Crippen LogP contribution in [-0.4, -0.2) is 17.6 Å². The first-order valence-electron chi connectivity index (χ1n) is 6.50. The Morgan fingerprint density at radius 2 is 1.92 bits per heavy atom. The molecule has 1 aromatic heterocycles. The second-order valence-electron chi connectivity index (χ2n) is 4.55. The van der Waals surface area contributed by atoms with Crippen LogP contribution in [0.15, 0.2) is 23.0 Å². The Bertz CT molecular complexity index is 841. The van der Waals surface area contributed by atoms with Crippen LogP contribution >= 0.6 is 22.6 Å². The van der Waals surface area contributed by atoms with Crippen LogP contribution in [0.25, 0.3) is 11.3 Å². The Morgan fingerprint density at radius 3 is 2.44 bits per heavy atom. The number of pyridine rings is 1. The Labute approximate surface area is 179 Å². The molecule has 0 bridgehead atoms. The van der Waals surface area contributed by atoms with Crippen LogP contribution < -0.4 is 10.3 Å². The van der Waals surface area contributed by atoms with E-state index in [-0.39, 0.29) is 48.6 Å². The summed E-state index contributed by atoms with van der Waals surface area (Å²) in [6, 6.07) is 5.38. The molecule has 0 saturated carbocycles. The van der Waals surface area contributed by atoms with Crippen molar-refractivity contribution in [2.75, 3.05) is 6.61 Å².